The highest BCUT2D eigenvalue weighted by Crippen LogP contribution is 2.26. The predicted octanol–water partition coefficient (Wildman–Crippen LogP) is 3.58. The zero-order chi connectivity index (χ0) is 13.8. The van der Waals surface area contributed by atoms with Gasteiger partial charge >= 0.3 is 0 Å². The predicted molar refractivity (Wildman–Crippen MR) is 81.1 cm³/mol. The summed E-state index contributed by atoms with van der Waals surface area (Å²) in [4.78, 5) is 2.42. The molecule has 1 aromatic rings. The van der Waals surface area contributed by atoms with Gasteiger partial charge in [0.25, 0.3) is 0 Å². The van der Waals surface area contributed by atoms with Crippen LogP contribution in [0.15, 0.2) is 24.3 Å². The molecule has 1 aromatic carbocycles. The van der Waals surface area contributed by atoms with Crippen molar-refractivity contribution in [2.24, 2.45) is 11.1 Å². The molecule has 0 aromatic heterocycles. The van der Waals surface area contributed by atoms with Crippen molar-refractivity contribution in [2.75, 3.05) is 18.0 Å². The average molecular weight is 248 g/mol. The molecule has 0 amide bonds. The van der Waals surface area contributed by atoms with Crippen molar-refractivity contribution in [1.29, 1.82) is 0 Å². The van der Waals surface area contributed by atoms with Crippen molar-refractivity contribution >= 4 is 5.69 Å². The lowest BCUT2D eigenvalue weighted by Crippen LogP contribution is -2.43. The first-order valence-electron chi connectivity index (χ1n) is 6.90. The lowest BCUT2D eigenvalue weighted by molar-refractivity contribution is 0.333. The lowest BCUT2D eigenvalue weighted by Gasteiger charge is -2.36. The Bertz CT molecular complexity index is 348. The molecular weight excluding hydrogens is 220 g/mol. The Morgan fingerprint density at radius 3 is 2.11 bits per heavy atom. The summed E-state index contributed by atoms with van der Waals surface area (Å²) in [5.41, 5.74) is 8.87. The van der Waals surface area contributed by atoms with Crippen LogP contribution < -0.4 is 10.6 Å². The first-order valence-corrected chi connectivity index (χ1v) is 6.90. The van der Waals surface area contributed by atoms with Gasteiger partial charge in [0.05, 0.1) is 0 Å². The largest absolute Gasteiger partial charge is 0.368 e. The van der Waals surface area contributed by atoms with Crippen LogP contribution in [0.5, 0.6) is 0 Å². The van der Waals surface area contributed by atoms with E-state index in [1.165, 1.54) is 11.3 Å². The van der Waals surface area contributed by atoms with E-state index < -0.39 is 0 Å². The molecular formula is C16H28N2. The van der Waals surface area contributed by atoms with E-state index >= 15 is 0 Å². The normalized spacial score (nSPS) is 13.4. The van der Waals surface area contributed by atoms with Gasteiger partial charge in [0, 0.05) is 24.8 Å². The smallest absolute Gasteiger partial charge is 0.0417 e. The van der Waals surface area contributed by atoms with Crippen molar-refractivity contribution in [1.82, 2.24) is 0 Å². The van der Waals surface area contributed by atoms with Crippen molar-refractivity contribution in [3.05, 3.63) is 29.8 Å². The Balaban J connectivity index is 2.89. The Labute approximate surface area is 112 Å². The molecule has 0 fully saturated rings. The van der Waals surface area contributed by atoms with E-state index in [1.807, 2.05) is 0 Å². The van der Waals surface area contributed by atoms with Crippen LogP contribution in [0.1, 0.15) is 39.7 Å². The third kappa shape index (κ3) is 4.34. The van der Waals surface area contributed by atoms with Gasteiger partial charge in [-0.3, -0.25) is 0 Å². The number of nitrogens with two attached hydrogens (primary N) is 1. The van der Waals surface area contributed by atoms with E-state index in [-0.39, 0.29) is 0 Å². The fraction of sp³-hybridized carbons (Fsp3) is 0.625. The monoisotopic (exact) mass is 248 g/mol. The summed E-state index contributed by atoms with van der Waals surface area (Å²) in [6, 6.07) is 9.15. The summed E-state index contributed by atoms with van der Waals surface area (Å²) in [5.74, 6) is 0. The maximum absolute atomic E-state index is 5.98. The third-order valence-electron chi connectivity index (χ3n) is 3.27. The third-order valence-corrected chi connectivity index (χ3v) is 3.27. The van der Waals surface area contributed by atoms with E-state index in [9.17, 15) is 0 Å². The number of nitrogens with zero attached hydrogens (tertiary/aromatic N) is 1. The highest BCUT2D eigenvalue weighted by Gasteiger charge is 2.22. The van der Waals surface area contributed by atoms with Crippen molar-refractivity contribution in [3.8, 4) is 0 Å². The van der Waals surface area contributed by atoms with Gasteiger partial charge in [-0.2, -0.15) is 0 Å². The van der Waals surface area contributed by atoms with Crippen molar-refractivity contribution < 1.29 is 0 Å². The Hall–Kier alpha value is -1.02. The molecule has 0 bridgehead atoms. The summed E-state index contributed by atoms with van der Waals surface area (Å²) in [5, 5.41) is 0. The summed E-state index contributed by atoms with van der Waals surface area (Å²) in [6.45, 7) is 12.9. The van der Waals surface area contributed by atoms with Gasteiger partial charge in [0.15, 0.2) is 0 Å². The van der Waals surface area contributed by atoms with Crippen LogP contribution in [0.4, 0.5) is 5.69 Å². The van der Waals surface area contributed by atoms with Gasteiger partial charge in [0.1, 0.15) is 0 Å². The molecule has 1 rings (SSSR count). The maximum Gasteiger partial charge on any atom is 0.0417 e. The van der Waals surface area contributed by atoms with Gasteiger partial charge in [-0.05, 0) is 37.8 Å². The summed E-state index contributed by atoms with van der Waals surface area (Å²) < 4.78 is 0. The van der Waals surface area contributed by atoms with E-state index in [0.29, 0.717) is 18.0 Å². The Morgan fingerprint density at radius 1 is 1.17 bits per heavy atom. The van der Waals surface area contributed by atoms with E-state index in [0.717, 1.165) is 13.0 Å². The number of likely N-dealkylation sites (N-methyl/N-ethyl adjacent to an activating group) is 1. The maximum atomic E-state index is 5.98. The lowest BCUT2D eigenvalue weighted by atomic mass is 9.87. The van der Waals surface area contributed by atoms with Crippen LogP contribution in [0.25, 0.3) is 0 Å². The molecule has 1 unspecified atom stereocenters. The van der Waals surface area contributed by atoms with Crippen LogP contribution in [0.3, 0.4) is 0 Å². The first-order chi connectivity index (χ1) is 8.37. The van der Waals surface area contributed by atoms with Gasteiger partial charge in [-0.15, -0.1) is 0 Å². The Kier molecular flexibility index (Phi) is 5.21. The molecule has 0 spiro atoms. The number of rotatable bonds is 5. The Morgan fingerprint density at radius 2 is 1.72 bits per heavy atom. The molecule has 0 saturated heterocycles. The van der Waals surface area contributed by atoms with Crippen LogP contribution in [0.2, 0.25) is 0 Å². The molecule has 0 radical (unpaired) electrons. The number of hydrogen-bond acceptors (Lipinski definition) is 2. The fourth-order valence-electron chi connectivity index (χ4n) is 2.42. The van der Waals surface area contributed by atoms with Gasteiger partial charge < -0.3 is 10.6 Å². The second-order valence-electron chi connectivity index (χ2n) is 6.28. The second-order valence-corrected chi connectivity index (χ2v) is 6.28. The average Bonchev–Trinajstić information content (AvgIpc) is 2.29. The topological polar surface area (TPSA) is 29.3 Å². The molecule has 0 saturated carbocycles. The SMILES string of the molecule is CCN(c1ccc(C)cc1)C(CN)CC(C)(C)C. The van der Waals surface area contributed by atoms with E-state index in [1.54, 1.807) is 0 Å². The second kappa shape index (κ2) is 6.24. The van der Waals surface area contributed by atoms with Crippen LogP contribution in [-0.2, 0) is 0 Å². The highest BCUT2D eigenvalue weighted by molar-refractivity contribution is 5.48. The molecule has 0 aliphatic carbocycles. The molecule has 0 aliphatic heterocycles. The van der Waals surface area contributed by atoms with Gasteiger partial charge in [0.2, 0.25) is 0 Å². The van der Waals surface area contributed by atoms with E-state index in [2.05, 4.69) is 63.8 Å². The quantitative estimate of drug-likeness (QED) is 0.863. The molecule has 1 atom stereocenters. The summed E-state index contributed by atoms with van der Waals surface area (Å²) in [7, 11) is 0. The number of benzene rings is 1. The standard InChI is InChI=1S/C16H28N2/c1-6-18(14-9-7-13(2)8-10-14)15(12-17)11-16(3,4)5/h7-10,15H,6,11-12,17H2,1-5H3. The highest BCUT2D eigenvalue weighted by atomic mass is 15.2. The number of anilines is 1. The van der Waals surface area contributed by atoms with Crippen LogP contribution in [-0.4, -0.2) is 19.1 Å². The van der Waals surface area contributed by atoms with Crippen LogP contribution >= 0.6 is 0 Å². The van der Waals surface area contributed by atoms with Gasteiger partial charge in [-0.1, -0.05) is 38.5 Å². The van der Waals surface area contributed by atoms with Gasteiger partial charge in [-0.25, -0.2) is 0 Å². The zero-order valence-electron chi connectivity index (χ0n) is 12.5. The molecule has 2 nitrogen and oxygen atoms in total. The molecule has 2 heteroatoms. The minimum absolute atomic E-state index is 0.308. The minimum Gasteiger partial charge on any atom is -0.368 e. The number of aryl methyl sites for hydroxylation is 1. The fourth-order valence-corrected chi connectivity index (χ4v) is 2.42. The molecule has 0 aliphatic rings. The van der Waals surface area contributed by atoms with E-state index in [4.69, 9.17) is 5.73 Å². The number of hydrogen-bond donors (Lipinski definition) is 1. The summed E-state index contributed by atoms with van der Waals surface area (Å²) in [6.07, 6.45) is 1.12. The van der Waals surface area contributed by atoms with Crippen molar-refractivity contribution in [2.45, 2.75) is 47.1 Å². The van der Waals surface area contributed by atoms with Crippen molar-refractivity contribution in [3.63, 3.8) is 0 Å². The van der Waals surface area contributed by atoms with Crippen LogP contribution in [0, 0.1) is 12.3 Å². The minimum atomic E-state index is 0.308. The molecule has 102 valence electrons. The summed E-state index contributed by atoms with van der Waals surface area (Å²) >= 11 is 0. The zero-order valence-corrected chi connectivity index (χ0v) is 12.5. The molecule has 18 heavy (non-hydrogen) atoms. The molecule has 2 N–H and O–H groups in total. The molecule has 0 heterocycles. The first kappa shape index (κ1) is 15.0.